The summed E-state index contributed by atoms with van der Waals surface area (Å²) in [7, 11) is 0. The van der Waals surface area contributed by atoms with Gasteiger partial charge < -0.3 is 14.2 Å². The third-order valence-electron chi connectivity index (χ3n) is 7.87. The molecule has 5 nitrogen and oxygen atoms in total. The van der Waals surface area contributed by atoms with Crippen molar-refractivity contribution in [3.63, 3.8) is 0 Å². The van der Waals surface area contributed by atoms with Crippen LogP contribution in [0.1, 0.15) is 56.3 Å². The molecule has 1 aliphatic carbocycles. The van der Waals surface area contributed by atoms with E-state index in [1.54, 1.807) is 24.3 Å². The Morgan fingerprint density at radius 2 is 1.14 bits per heavy atom. The summed E-state index contributed by atoms with van der Waals surface area (Å²) in [5.41, 5.74) is 7.61. The van der Waals surface area contributed by atoms with Crippen LogP contribution >= 0.6 is 0 Å². The monoisotopic (exact) mass is 568 g/mol. The van der Waals surface area contributed by atoms with Crippen molar-refractivity contribution >= 4 is 12.3 Å². The minimum Gasteiger partial charge on any atom is -0.494 e. The Balaban J connectivity index is 1.26. The van der Waals surface area contributed by atoms with E-state index in [2.05, 4.69) is 91.9 Å². The molecule has 0 saturated heterocycles. The predicted octanol–water partition coefficient (Wildman–Crippen LogP) is 7.89. The summed E-state index contributed by atoms with van der Waals surface area (Å²) in [6.07, 6.45) is 1.69. The zero-order valence-electron chi connectivity index (χ0n) is 24.0. The normalized spacial score (nSPS) is 12.6. The molecule has 43 heavy (non-hydrogen) atoms. The molecule has 0 radical (unpaired) electrons. The van der Waals surface area contributed by atoms with Crippen LogP contribution in [0.2, 0.25) is 0 Å². The lowest BCUT2D eigenvalue weighted by molar-refractivity contribution is 0.0450. The Bertz CT molecular complexity index is 1670. The van der Waals surface area contributed by atoms with Gasteiger partial charge in [-0.05, 0) is 76.2 Å². The van der Waals surface area contributed by atoms with Crippen LogP contribution in [0.3, 0.4) is 0 Å². The van der Waals surface area contributed by atoms with Crippen LogP contribution in [0.4, 0.5) is 0 Å². The highest BCUT2D eigenvalue weighted by Crippen LogP contribution is 2.56. The first-order chi connectivity index (χ1) is 21.1. The Morgan fingerprint density at radius 1 is 0.628 bits per heavy atom. The van der Waals surface area contributed by atoms with E-state index in [9.17, 15) is 9.59 Å². The quantitative estimate of drug-likeness (QED) is 0.0904. The van der Waals surface area contributed by atoms with Crippen molar-refractivity contribution in [2.75, 3.05) is 19.8 Å². The number of rotatable bonds is 11. The summed E-state index contributed by atoms with van der Waals surface area (Å²) in [4.78, 5) is 23.2. The topological polar surface area (TPSA) is 61.8 Å². The molecule has 1 aliphatic rings. The second-order valence-corrected chi connectivity index (χ2v) is 10.5. The lowest BCUT2D eigenvalue weighted by Crippen LogP contribution is -2.28. The molecule has 0 spiro atoms. The van der Waals surface area contributed by atoms with Gasteiger partial charge >= 0.3 is 5.97 Å². The van der Waals surface area contributed by atoms with Gasteiger partial charge in [0, 0.05) is 5.56 Å². The molecule has 5 aromatic carbocycles. The molecule has 5 heteroatoms. The van der Waals surface area contributed by atoms with Crippen molar-refractivity contribution < 1.29 is 23.8 Å². The van der Waals surface area contributed by atoms with E-state index in [-0.39, 0.29) is 13.2 Å². The standard InChI is InChI=1S/C38H32O5/c1-2-23-41-31-19-15-29(16-20-31)38(35-9-5-3-7-33(35)34-8-4-6-10-36(34)38)30-17-21-32(22-18-30)42-24-25-43-37(40)28-13-11-27(26-39)12-14-28/h3-22,26H,2,23-25H2,1H3. The summed E-state index contributed by atoms with van der Waals surface area (Å²) < 4.78 is 17.2. The molecule has 0 N–H and O–H groups in total. The molecule has 0 heterocycles. The number of carbonyl (C=O) groups excluding carboxylic acids is 2. The van der Waals surface area contributed by atoms with Gasteiger partial charge in [-0.15, -0.1) is 0 Å². The molecule has 0 amide bonds. The van der Waals surface area contributed by atoms with E-state index in [1.165, 1.54) is 22.3 Å². The first-order valence-corrected chi connectivity index (χ1v) is 14.5. The van der Waals surface area contributed by atoms with Gasteiger partial charge in [0.1, 0.15) is 31.0 Å². The van der Waals surface area contributed by atoms with Gasteiger partial charge in [-0.1, -0.05) is 91.9 Å². The Hall–Kier alpha value is -5.16. The van der Waals surface area contributed by atoms with Crippen molar-refractivity contribution in [3.8, 4) is 22.6 Å². The highest BCUT2D eigenvalue weighted by molar-refractivity contribution is 5.90. The lowest BCUT2D eigenvalue weighted by Gasteiger charge is -2.34. The minimum absolute atomic E-state index is 0.104. The number of hydrogen-bond donors (Lipinski definition) is 0. The molecule has 6 rings (SSSR count). The first kappa shape index (κ1) is 28.0. The Morgan fingerprint density at radius 3 is 1.65 bits per heavy atom. The molecule has 5 aromatic rings. The second kappa shape index (κ2) is 12.4. The van der Waals surface area contributed by atoms with Crippen LogP contribution < -0.4 is 9.47 Å². The zero-order chi connectivity index (χ0) is 29.6. The average Bonchev–Trinajstić information content (AvgIpc) is 3.37. The van der Waals surface area contributed by atoms with Crippen LogP contribution in [0.5, 0.6) is 11.5 Å². The summed E-state index contributed by atoms with van der Waals surface area (Å²) in [6.45, 7) is 3.11. The summed E-state index contributed by atoms with van der Waals surface area (Å²) in [5.74, 6) is 1.10. The second-order valence-electron chi connectivity index (χ2n) is 10.5. The molecule has 0 unspecified atom stereocenters. The number of fused-ring (bicyclic) bond motifs is 3. The van der Waals surface area contributed by atoms with E-state index >= 15 is 0 Å². The van der Waals surface area contributed by atoms with Crippen LogP contribution in [0.25, 0.3) is 11.1 Å². The fourth-order valence-electron chi connectivity index (χ4n) is 5.92. The molecule has 0 aromatic heterocycles. The molecule has 0 saturated carbocycles. The van der Waals surface area contributed by atoms with Crippen LogP contribution in [-0.2, 0) is 10.2 Å². The summed E-state index contributed by atoms with van der Waals surface area (Å²) >= 11 is 0. The van der Waals surface area contributed by atoms with Crippen LogP contribution in [-0.4, -0.2) is 32.1 Å². The molecule has 214 valence electrons. The van der Waals surface area contributed by atoms with Crippen molar-refractivity contribution in [3.05, 3.63) is 155 Å². The maximum Gasteiger partial charge on any atom is 0.338 e. The van der Waals surface area contributed by atoms with E-state index in [4.69, 9.17) is 14.2 Å². The van der Waals surface area contributed by atoms with Gasteiger partial charge in [0.2, 0.25) is 0 Å². The molecule has 0 atom stereocenters. The minimum atomic E-state index is -0.510. The fraction of sp³-hybridized carbons (Fsp3) is 0.158. The highest BCUT2D eigenvalue weighted by atomic mass is 16.6. The van der Waals surface area contributed by atoms with E-state index < -0.39 is 11.4 Å². The van der Waals surface area contributed by atoms with Gasteiger partial charge in [-0.3, -0.25) is 4.79 Å². The van der Waals surface area contributed by atoms with Crippen molar-refractivity contribution in [2.45, 2.75) is 18.8 Å². The number of carbonyl (C=O) groups is 2. The van der Waals surface area contributed by atoms with Crippen molar-refractivity contribution in [2.24, 2.45) is 0 Å². The molecule has 0 fully saturated rings. The smallest absolute Gasteiger partial charge is 0.338 e. The number of hydrogen-bond acceptors (Lipinski definition) is 5. The van der Waals surface area contributed by atoms with Gasteiger partial charge in [0.15, 0.2) is 0 Å². The van der Waals surface area contributed by atoms with E-state index in [0.717, 1.165) is 29.6 Å². The first-order valence-electron chi connectivity index (χ1n) is 14.5. The average molecular weight is 569 g/mol. The molecule has 0 aliphatic heterocycles. The number of aldehydes is 1. The lowest BCUT2D eigenvalue weighted by atomic mass is 9.68. The Kier molecular flexibility index (Phi) is 8.05. The van der Waals surface area contributed by atoms with Crippen LogP contribution in [0, 0.1) is 0 Å². The summed E-state index contributed by atoms with van der Waals surface area (Å²) in [5, 5.41) is 0. The fourth-order valence-corrected chi connectivity index (χ4v) is 5.92. The summed E-state index contributed by atoms with van der Waals surface area (Å²) in [6, 6.07) is 40.2. The maximum absolute atomic E-state index is 12.3. The predicted molar refractivity (Wildman–Crippen MR) is 167 cm³/mol. The van der Waals surface area contributed by atoms with Crippen molar-refractivity contribution in [1.29, 1.82) is 0 Å². The largest absolute Gasteiger partial charge is 0.494 e. The third-order valence-corrected chi connectivity index (χ3v) is 7.87. The van der Waals surface area contributed by atoms with Gasteiger partial charge in [0.05, 0.1) is 17.6 Å². The van der Waals surface area contributed by atoms with Crippen LogP contribution in [0.15, 0.2) is 121 Å². The molecule has 0 bridgehead atoms. The third kappa shape index (κ3) is 5.30. The highest BCUT2D eigenvalue weighted by Gasteiger charge is 2.45. The number of benzene rings is 5. The van der Waals surface area contributed by atoms with Gasteiger partial charge in [-0.25, -0.2) is 4.79 Å². The van der Waals surface area contributed by atoms with E-state index in [1.807, 2.05) is 12.1 Å². The van der Waals surface area contributed by atoms with Gasteiger partial charge in [-0.2, -0.15) is 0 Å². The molecular weight excluding hydrogens is 536 g/mol. The van der Waals surface area contributed by atoms with E-state index in [0.29, 0.717) is 23.5 Å². The maximum atomic E-state index is 12.3. The number of esters is 1. The number of ether oxygens (including phenoxy) is 3. The Labute approximate surface area is 251 Å². The zero-order valence-corrected chi connectivity index (χ0v) is 24.0. The van der Waals surface area contributed by atoms with Crippen molar-refractivity contribution in [1.82, 2.24) is 0 Å². The van der Waals surface area contributed by atoms with Gasteiger partial charge in [0.25, 0.3) is 0 Å². The SMILES string of the molecule is CCCOc1ccc(C2(c3ccc(OCCOC(=O)c4ccc(C=O)cc4)cc3)c3ccccc3-c3ccccc32)cc1. The molecular formula is C38H32O5.